The van der Waals surface area contributed by atoms with E-state index < -0.39 is 5.83 Å². The van der Waals surface area contributed by atoms with Crippen LogP contribution in [0.4, 0.5) is 4.39 Å². The van der Waals surface area contributed by atoms with Crippen molar-refractivity contribution in [1.82, 2.24) is 0 Å². The fraction of sp³-hybridized carbons (Fsp3) is 0.143. The van der Waals surface area contributed by atoms with Gasteiger partial charge in [-0.15, -0.1) is 12.1 Å². The van der Waals surface area contributed by atoms with E-state index in [0.29, 0.717) is 0 Å². The molecule has 0 fully saturated rings. The van der Waals surface area contributed by atoms with Gasteiger partial charge in [0.05, 0.1) is 0 Å². The van der Waals surface area contributed by atoms with Crippen LogP contribution in [-0.2, 0) is 0 Å². The maximum Gasteiger partial charge on any atom is 0.126 e. The molecule has 0 spiro atoms. The highest BCUT2D eigenvalue weighted by molar-refractivity contribution is 6.23. The first-order chi connectivity index (χ1) is 4.57. The molecule has 0 saturated carbocycles. The average Bonchev–Trinajstić information content (AvgIpc) is 1.85. The van der Waals surface area contributed by atoms with E-state index in [1.54, 1.807) is 0 Å². The van der Waals surface area contributed by atoms with Crippen LogP contribution in [0.3, 0.4) is 0 Å². The van der Waals surface area contributed by atoms with Gasteiger partial charge in [0.2, 0.25) is 0 Å². The molecule has 0 aromatic heterocycles. The summed E-state index contributed by atoms with van der Waals surface area (Å²) >= 11 is 0. The molecule has 1 nitrogen and oxygen atoms in total. The number of nitrogens with two attached hydrogens (primary N) is 1. The minimum absolute atomic E-state index is 0.0929. The first-order valence-corrected chi connectivity index (χ1v) is 2.77. The van der Waals surface area contributed by atoms with Gasteiger partial charge < -0.3 is 5.73 Å². The molecule has 0 saturated heterocycles. The Labute approximate surface area is 61.5 Å². The Morgan fingerprint density at radius 3 is 2.40 bits per heavy atom. The predicted octanol–water partition coefficient (Wildman–Crippen LogP) is 1.04. The quantitative estimate of drug-likeness (QED) is 0.456. The van der Waals surface area contributed by atoms with Crippen LogP contribution in [0.15, 0.2) is 36.1 Å². The summed E-state index contributed by atoms with van der Waals surface area (Å²) in [5.41, 5.74) is 5.49. The Kier molecular flexibility index (Phi) is 3.73. The van der Waals surface area contributed by atoms with Crippen molar-refractivity contribution in [3.8, 4) is 0 Å². The molecule has 0 bridgehead atoms. The second-order valence-corrected chi connectivity index (χ2v) is 1.87. The third-order valence-electron chi connectivity index (χ3n) is 0.896. The van der Waals surface area contributed by atoms with Gasteiger partial charge in [-0.05, 0) is 11.6 Å². The Balaban J connectivity index is 4.19. The van der Waals surface area contributed by atoms with Gasteiger partial charge in [-0.2, -0.15) is 0 Å². The molecule has 0 amide bonds. The Morgan fingerprint density at radius 1 is 1.60 bits per heavy atom. The molecule has 10 heavy (non-hydrogen) atoms. The number of halogens is 1. The fourth-order valence-corrected chi connectivity index (χ4v) is 0.362. The minimum atomic E-state index is -0.505. The van der Waals surface area contributed by atoms with E-state index in [4.69, 9.17) is 13.6 Å². The summed E-state index contributed by atoms with van der Waals surface area (Å²) in [7, 11) is 5.09. The molecule has 2 N–H and O–H groups in total. The summed E-state index contributed by atoms with van der Waals surface area (Å²) in [6.45, 7) is 6.75. The van der Waals surface area contributed by atoms with Crippen molar-refractivity contribution in [2.24, 2.45) is 5.73 Å². The van der Waals surface area contributed by atoms with E-state index in [9.17, 15) is 4.39 Å². The lowest BCUT2D eigenvalue weighted by Gasteiger charge is -1.96. The van der Waals surface area contributed by atoms with E-state index in [2.05, 4.69) is 13.2 Å². The summed E-state index contributed by atoms with van der Waals surface area (Å²) in [6, 6.07) is 0. The van der Waals surface area contributed by atoms with Crippen molar-refractivity contribution < 1.29 is 4.39 Å². The molecule has 3 heteroatoms. The Bertz CT molecular complexity index is 184. The average molecular weight is 137 g/mol. The number of hydrogen-bond donors (Lipinski definition) is 1. The standard InChI is InChI=1S/C7H9BFN/c1-5(4-10)7(9)3-6(2)8/h3H,1-2,4,10H2/b7-3+. The number of allylic oxidation sites excluding steroid dienone is 2. The minimum Gasteiger partial charge on any atom is -0.326 e. The van der Waals surface area contributed by atoms with Crippen molar-refractivity contribution in [3.63, 3.8) is 0 Å². The lowest BCUT2D eigenvalue weighted by atomic mass is 9.97. The maximum absolute atomic E-state index is 12.6. The second-order valence-electron chi connectivity index (χ2n) is 1.87. The monoisotopic (exact) mass is 137 g/mol. The van der Waals surface area contributed by atoms with Crippen LogP contribution >= 0.6 is 0 Å². The van der Waals surface area contributed by atoms with Crippen LogP contribution in [0.5, 0.6) is 0 Å². The van der Waals surface area contributed by atoms with E-state index in [-0.39, 0.29) is 17.6 Å². The maximum atomic E-state index is 12.6. The molecule has 0 rings (SSSR count). The largest absolute Gasteiger partial charge is 0.326 e. The molecule has 0 aliphatic heterocycles. The molecule has 0 aromatic rings. The SMILES string of the molecule is [B]C(=C)/C=C(/F)C(=C)CN. The molecule has 0 atom stereocenters. The summed E-state index contributed by atoms with van der Waals surface area (Å²) in [4.78, 5) is 0. The van der Waals surface area contributed by atoms with Crippen LogP contribution in [0.2, 0.25) is 0 Å². The van der Waals surface area contributed by atoms with Crippen molar-refractivity contribution >= 4 is 7.85 Å². The van der Waals surface area contributed by atoms with Gasteiger partial charge in [0.15, 0.2) is 0 Å². The van der Waals surface area contributed by atoms with Crippen molar-refractivity contribution in [2.45, 2.75) is 0 Å². The zero-order chi connectivity index (χ0) is 8.15. The first kappa shape index (κ1) is 9.17. The van der Waals surface area contributed by atoms with Crippen molar-refractivity contribution in [1.29, 1.82) is 0 Å². The highest BCUT2D eigenvalue weighted by Gasteiger charge is 1.96. The van der Waals surface area contributed by atoms with Gasteiger partial charge in [0.1, 0.15) is 13.7 Å². The van der Waals surface area contributed by atoms with Gasteiger partial charge in [0.25, 0.3) is 0 Å². The zero-order valence-electron chi connectivity index (χ0n) is 5.73. The number of hydrogen-bond acceptors (Lipinski definition) is 1. The third kappa shape index (κ3) is 3.25. The molecule has 2 radical (unpaired) electrons. The normalized spacial score (nSPS) is 11.2. The highest BCUT2D eigenvalue weighted by Crippen LogP contribution is 2.08. The van der Waals surface area contributed by atoms with Gasteiger partial charge in [0, 0.05) is 6.54 Å². The molecular formula is C7H9BFN. The van der Waals surface area contributed by atoms with Gasteiger partial charge in [-0.3, -0.25) is 0 Å². The zero-order valence-corrected chi connectivity index (χ0v) is 5.73. The van der Waals surface area contributed by atoms with Crippen LogP contribution in [-0.4, -0.2) is 14.4 Å². The lowest BCUT2D eigenvalue weighted by molar-refractivity contribution is 0.647. The fourth-order valence-electron chi connectivity index (χ4n) is 0.362. The molecule has 0 heterocycles. The summed E-state index contributed by atoms with van der Waals surface area (Å²) in [5, 5.41) is 0. The van der Waals surface area contributed by atoms with Crippen LogP contribution in [0.1, 0.15) is 0 Å². The first-order valence-electron chi connectivity index (χ1n) is 2.77. The van der Waals surface area contributed by atoms with Crippen LogP contribution in [0.25, 0.3) is 0 Å². The lowest BCUT2D eigenvalue weighted by Crippen LogP contribution is -2.02. The van der Waals surface area contributed by atoms with Crippen molar-refractivity contribution in [2.75, 3.05) is 6.54 Å². The van der Waals surface area contributed by atoms with Gasteiger partial charge in [-0.25, -0.2) is 4.39 Å². The van der Waals surface area contributed by atoms with Crippen LogP contribution < -0.4 is 5.73 Å². The van der Waals surface area contributed by atoms with Crippen molar-refractivity contribution in [3.05, 3.63) is 36.1 Å². The topological polar surface area (TPSA) is 26.0 Å². The Morgan fingerprint density at radius 2 is 2.10 bits per heavy atom. The Hall–Kier alpha value is -0.825. The molecule has 0 aromatic carbocycles. The molecular weight excluding hydrogens is 128 g/mol. The second kappa shape index (κ2) is 4.06. The molecule has 52 valence electrons. The van der Waals surface area contributed by atoms with E-state index in [0.717, 1.165) is 6.08 Å². The summed E-state index contributed by atoms with van der Waals surface area (Å²) < 4.78 is 12.6. The van der Waals surface area contributed by atoms with Crippen LogP contribution in [0, 0.1) is 0 Å². The van der Waals surface area contributed by atoms with Gasteiger partial charge >= 0.3 is 0 Å². The highest BCUT2D eigenvalue weighted by atomic mass is 19.1. The van der Waals surface area contributed by atoms with E-state index >= 15 is 0 Å². The van der Waals surface area contributed by atoms with Gasteiger partial charge in [-0.1, -0.05) is 6.58 Å². The molecule has 0 unspecified atom stereocenters. The predicted molar refractivity (Wildman–Crippen MR) is 42.3 cm³/mol. The van der Waals surface area contributed by atoms with E-state index in [1.165, 1.54) is 0 Å². The molecule has 0 aliphatic rings. The smallest absolute Gasteiger partial charge is 0.126 e. The third-order valence-corrected chi connectivity index (χ3v) is 0.896. The number of rotatable bonds is 3. The summed E-state index contributed by atoms with van der Waals surface area (Å²) in [6.07, 6.45) is 1.09. The molecule has 0 aliphatic carbocycles. The summed E-state index contributed by atoms with van der Waals surface area (Å²) in [5.74, 6) is -0.505. The van der Waals surface area contributed by atoms with E-state index in [1.807, 2.05) is 0 Å².